The van der Waals surface area contributed by atoms with Gasteiger partial charge < -0.3 is 15.0 Å². The molecular weight excluding hydrogens is 212 g/mol. The zero-order valence-electron chi connectivity index (χ0n) is 8.79. The Bertz CT molecular complexity index is 337. The summed E-state index contributed by atoms with van der Waals surface area (Å²) in [4.78, 5) is 2.29. The van der Waals surface area contributed by atoms with E-state index in [1.807, 2.05) is 18.2 Å². The lowest BCUT2D eigenvalue weighted by Crippen LogP contribution is -2.43. The molecule has 1 heterocycles. The molecule has 0 atom stereocenters. The van der Waals surface area contributed by atoms with E-state index in [1.54, 1.807) is 7.11 Å². The van der Waals surface area contributed by atoms with Crippen molar-refractivity contribution in [3.05, 3.63) is 23.2 Å². The van der Waals surface area contributed by atoms with Gasteiger partial charge in [-0.3, -0.25) is 0 Å². The third-order valence-electron chi connectivity index (χ3n) is 2.61. The summed E-state index contributed by atoms with van der Waals surface area (Å²) in [5.41, 5.74) is 1.10. The number of halogens is 1. The van der Waals surface area contributed by atoms with Crippen LogP contribution in [0.2, 0.25) is 5.02 Å². The van der Waals surface area contributed by atoms with Gasteiger partial charge in [0, 0.05) is 32.2 Å². The summed E-state index contributed by atoms with van der Waals surface area (Å²) in [5.74, 6) is 0.805. The second-order valence-electron chi connectivity index (χ2n) is 3.55. The van der Waals surface area contributed by atoms with Crippen LogP contribution in [-0.2, 0) is 0 Å². The van der Waals surface area contributed by atoms with Gasteiger partial charge in [-0.25, -0.2) is 0 Å². The first-order valence-corrected chi connectivity index (χ1v) is 5.48. The van der Waals surface area contributed by atoms with Crippen LogP contribution in [0.1, 0.15) is 0 Å². The summed E-state index contributed by atoms with van der Waals surface area (Å²) in [6.07, 6.45) is 0. The molecule has 1 saturated heterocycles. The van der Waals surface area contributed by atoms with Crippen LogP contribution >= 0.6 is 11.6 Å². The molecule has 1 aromatic rings. The van der Waals surface area contributed by atoms with Crippen LogP contribution in [0.5, 0.6) is 5.75 Å². The number of ether oxygens (including phenoxy) is 1. The van der Waals surface area contributed by atoms with Gasteiger partial charge in [-0.1, -0.05) is 11.6 Å². The van der Waals surface area contributed by atoms with Crippen LogP contribution in [0.3, 0.4) is 0 Å². The number of rotatable bonds is 2. The quantitative estimate of drug-likeness (QED) is 0.832. The maximum absolute atomic E-state index is 6.20. The third-order valence-corrected chi connectivity index (χ3v) is 2.92. The highest BCUT2D eigenvalue weighted by atomic mass is 35.5. The monoisotopic (exact) mass is 226 g/mol. The van der Waals surface area contributed by atoms with Gasteiger partial charge in [0.25, 0.3) is 0 Å². The third kappa shape index (κ3) is 2.36. The van der Waals surface area contributed by atoms with Crippen LogP contribution in [-0.4, -0.2) is 33.3 Å². The van der Waals surface area contributed by atoms with Crippen LogP contribution in [0, 0.1) is 0 Å². The number of hydrogen-bond donors (Lipinski definition) is 1. The highest BCUT2D eigenvalue weighted by molar-refractivity contribution is 6.33. The Morgan fingerprint density at radius 2 is 2.07 bits per heavy atom. The molecule has 82 valence electrons. The molecule has 0 saturated carbocycles. The molecule has 15 heavy (non-hydrogen) atoms. The number of anilines is 1. The van der Waals surface area contributed by atoms with E-state index < -0.39 is 0 Å². The molecule has 3 nitrogen and oxygen atoms in total. The van der Waals surface area contributed by atoms with Crippen molar-refractivity contribution in [1.82, 2.24) is 5.32 Å². The molecule has 0 bridgehead atoms. The van der Waals surface area contributed by atoms with Crippen molar-refractivity contribution < 1.29 is 4.74 Å². The molecule has 2 rings (SSSR count). The highest BCUT2D eigenvalue weighted by Crippen LogP contribution is 2.29. The number of benzene rings is 1. The van der Waals surface area contributed by atoms with Gasteiger partial charge >= 0.3 is 0 Å². The van der Waals surface area contributed by atoms with Crippen molar-refractivity contribution in [3.8, 4) is 5.75 Å². The fourth-order valence-electron chi connectivity index (χ4n) is 1.78. The minimum absolute atomic E-state index is 0.760. The van der Waals surface area contributed by atoms with E-state index in [9.17, 15) is 0 Å². The molecule has 1 aromatic carbocycles. The molecule has 4 heteroatoms. The largest absolute Gasteiger partial charge is 0.497 e. The van der Waals surface area contributed by atoms with Gasteiger partial charge in [-0.15, -0.1) is 0 Å². The minimum Gasteiger partial charge on any atom is -0.497 e. The number of hydrogen-bond acceptors (Lipinski definition) is 3. The van der Waals surface area contributed by atoms with E-state index in [0.717, 1.165) is 42.6 Å². The number of piperazine rings is 1. The van der Waals surface area contributed by atoms with E-state index >= 15 is 0 Å². The topological polar surface area (TPSA) is 24.5 Å². The van der Waals surface area contributed by atoms with E-state index in [4.69, 9.17) is 16.3 Å². The molecule has 0 spiro atoms. The first-order chi connectivity index (χ1) is 7.31. The molecule has 0 aliphatic carbocycles. The summed E-state index contributed by atoms with van der Waals surface area (Å²) >= 11 is 6.20. The smallest absolute Gasteiger partial charge is 0.120 e. The van der Waals surface area contributed by atoms with Gasteiger partial charge in [0.2, 0.25) is 0 Å². The van der Waals surface area contributed by atoms with Crippen molar-refractivity contribution >= 4 is 17.3 Å². The first kappa shape index (κ1) is 10.6. The molecule has 1 N–H and O–H groups in total. The van der Waals surface area contributed by atoms with Gasteiger partial charge in [0.1, 0.15) is 5.75 Å². The Kier molecular flexibility index (Phi) is 3.34. The predicted octanol–water partition coefficient (Wildman–Crippen LogP) is 1.76. The van der Waals surface area contributed by atoms with Gasteiger partial charge in [0.05, 0.1) is 17.8 Å². The Morgan fingerprint density at radius 3 is 2.67 bits per heavy atom. The summed E-state index contributed by atoms with van der Waals surface area (Å²) in [5, 5.41) is 4.08. The Hall–Kier alpha value is -0.930. The number of methoxy groups -OCH3 is 1. The van der Waals surface area contributed by atoms with Crippen LogP contribution in [0.15, 0.2) is 18.2 Å². The Balaban J connectivity index is 2.19. The second kappa shape index (κ2) is 4.73. The summed E-state index contributed by atoms with van der Waals surface area (Å²) in [7, 11) is 1.65. The zero-order valence-corrected chi connectivity index (χ0v) is 9.55. The Labute approximate surface area is 95.0 Å². The van der Waals surface area contributed by atoms with E-state index in [1.165, 1.54) is 0 Å². The predicted molar refractivity (Wildman–Crippen MR) is 63.1 cm³/mol. The lowest BCUT2D eigenvalue weighted by atomic mass is 10.2. The molecule has 1 fully saturated rings. The normalized spacial score (nSPS) is 16.5. The molecule has 0 radical (unpaired) electrons. The number of nitrogens with one attached hydrogen (secondary N) is 1. The molecule has 1 aliphatic rings. The van der Waals surface area contributed by atoms with Crippen molar-refractivity contribution in [2.45, 2.75) is 0 Å². The van der Waals surface area contributed by atoms with Crippen molar-refractivity contribution in [3.63, 3.8) is 0 Å². The van der Waals surface area contributed by atoms with Crippen molar-refractivity contribution in [1.29, 1.82) is 0 Å². The first-order valence-electron chi connectivity index (χ1n) is 5.10. The number of nitrogens with zero attached hydrogens (tertiary/aromatic N) is 1. The Morgan fingerprint density at radius 1 is 1.33 bits per heavy atom. The van der Waals surface area contributed by atoms with E-state index in [-0.39, 0.29) is 0 Å². The SMILES string of the molecule is COc1ccc(N2CCNCC2)c(Cl)c1. The summed E-state index contributed by atoms with van der Waals surface area (Å²) in [6, 6.07) is 5.83. The van der Waals surface area contributed by atoms with Crippen molar-refractivity contribution in [2.24, 2.45) is 0 Å². The van der Waals surface area contributed by atoms with Crippen LogP contribution in [0.25, 0.3) is 0 Å². The summed E-state index contributed by atoms with van der Waals surface area (Å²) < 4.78 is 5.12. The fraction of sp³-hybridized carbons (Fsp3) is 0.455. The molecule has 1 aliphatic heterocycles. The highest BCUT2D eigenvalue weighted by Gasteiger charge is 2.13. The maximum atomic E-state index is 6.20. The van der Waals surface area contributed by atoms with Gasteiger partial charge in [0.15, 0.2) is 0 Å². The lowest BCUT2D eigenvalue weighted by molar-refractivity contribution is 0.415. The minimum atomic E-state index is 0.760. The lowest BCUT2D eigenvalue weighted by Gasteiger charge is -2.30. The van der Waals surface area contributed by atoms with Crippen molar-refractivity contribution in [2.75, 3.05) is 38.2 Å². The summed E-state index contributed by atoms with van der Waals surface area (Å²) in [6.45, 7) is 4.04. The molecule has 0 amide bonds. The average Bonchev–Trinajstić information content (AvgIpc) is 2.30. The second-order valence-corrected chi connectivity index (χ2v) is 3.96. The van der Waals surface area contributed by atoms with Crippen LogP contribution < -0.4 is 15.0 Å². The molecule has 0 aromatic heterocycles. The van der Waals surface area contributed by atoms with E-state index in [0.29, 0.717) is 0 Å². The average molecular weight is 227 g/mol. The maximum Gasteiger partial charge on any atom is 0.120 e. The molecule has 0 unspecified atom stereocenters. The standard InChI is InChI=1S/C11H15ClN2O/c1-15-9-2-3-11(10(12)8-9)14-6-4-13-5-7-14/h2-3,8,13H,4-7H2,1H3. The fourth-order valence-corrected chi connectivity index (χ4v) is 2.07. The van der Waals surface area contributed by atoms with Crippen LogP contribution in [0.4, 0.5) is 5.69 Å². The molecular formula is C11H15ClN2O. The zero-order chi connectivity index (χ0) is 10.7. The van der Waals surface area contributed by atoms with Gasteiger partial charge in [-0.05, 0) is 12.1 Å². The van der Waals surface area contributed by atoms with Gasteiger partial charge in [-0.2, -0.15) is 0 Å². The van der Waals surface area contributed by atoms with E-state index in [2.05, 4.69) is 10.2 Å².